The molecule has 386 valence electrons. The van der Waals surface area contributed by atoms with Gasteiger partial charge >= 0.3 is 24.4 Å². The molecule has 0 spiro atoms. The van der Waals surface area contributed by atoms with Gasteiger partial charge in [-0.3, -0.25) is 0 Å². The van der Waals surface area contributed by atoms with Crippen molar-refractivity contribution in [1.82, 2.24) is 40.9 Å². The average Bonchev–Trinajstić information content (AvgIpc) is 3.41. The van der Waals surface area contributed by atoms with Crippen LogP contribution in [0.15, 0.2) is 121 Å². The van der Waals surface area contributed by atoms with E-state index in [1.807, 2.05) is 121 Å². The van der Waals surface area contributed by atoms with E-state index in [1.165, 1.54) is 0 Å². The van der Waals surface area contributed by atoms with E-state index in [1.54, 1.807) is 0 Å². The first-order valence-corrected chi connectivity index (χ1v) is 25.6. The molecule has 4 aromatic carbocycles. The number of hydrogen-bond donors (Lipinski definition) is 4. The minimum absolute atomic E-state index is 0.227. The maximum absolute atomic E-state index is 12.5. The van der Waals surface area contributed by atoms with Gasteiger partial charge < -0.3 is 59.8 Å². The van der Waals surface area contributed by atoms with Crippen LogP contribution in [0.2, 0.25) is 0 Å². The highest BCUT2D eigenvalue weighted by Gasteiger charge is 2.16. The second-order valence-electron chi connectivity index (χ2n) is 17.8. The Labute approximate surface area is 421 Å². The third-order valence-corrected chi connectivity index (χ3v) is 12.1. The number of nitrogens with one attached hydrogen (secondary N) is 4. The molecule has 16 nitrogen and oxygen atoms in total. The van der Waals surface area contributed by atoms with Crippen LogP contribution in [0.25, 0.3) is 0 Å². The van der Waals surface area contributed by atoms with Crippen molar-refractivity contribution in [3.8, 4) is 0 Å². The van der Waals surface area contributed by atoms with E-state index >= 15 is 0 Å². The molecule has 1 heterocycles. The molecule has 0 bridgehead atoms. The monoisotopic (exact) mass is 979 g/mol. The summed E-state index contributed by atoms with van der Waals surface area (Å²) in [7, 11) is 0. The maximum Gasteiger partial charge on any atom is 0.407 e. The minimum atomic E-state index is -0.420. The molecular formula is C55H78N8O8. The van der Waals surface area contributed by atoms with Crippen LogP contribution in [-0.4, -0.2) is 149 Å². The quantitative estimate of drug-likeness (QED) is 0.0401. The number of rotatable bonds is 24. The van der Waals surface area contributed by atoms with E-state index in [9.17, 15) is 19.2 Å². The van der Waals surface area contributed by atoms with Crippen molar-refractivity contribution in [1.29, 1.82) is 0 Å². The first-order chi connectivity index (χ1) is 34.9. The Morgan fingerprint density at radius 3 is 0.761 bits per heavy atom. The van der Waals surface area contributed by atoms with Crippen LogP contribution in [-0.2, 0) is 45.4 Å². The summed E-state index contributed by atoms with van der Waals surface area (Å²) in [5.74, 6) is 0. The van der Waals surface area contributed by atoms with E-state index in [-0.39, 0.29) is 26.4 Å². The van der Waals surface area contributed by atoms with E-state index in [0.717, 1.165) is 146 Å². The number of carbonyl (C=O) groups is 4. The summed E-state index contributed by atoms with van der Waals surface area (Å²) < 4.78 is 21.8. The predicted molar refractivity (Wildman–Crippen MR) is 277 cm³/mol. The summed E-state index contributed by atoms with van der Waals surface area (Å²) in [6.45, 7) is 13.4. The van der Waals surface area contributed by atoms with Crippen LogP contribution in [0.5, 0.6) is 0 Å². The first-order valence-electron chi connectivity index (χ1n) is 25.6. The Kier molecular flexibility index (Phi) is 27.5. The standard InChI is InChI=1S/C55H78N8O8/c64-52(68-44-48-20-5-1-6-21-48)56-28-13-32-60-36-17-37-61(33-14-29-57-53(65)69-45-49-22-7-2-8-23-49)39-19-41-63(35-16-31-59-55(67)71-47-51-26-11-4-12-27-51)43-42-62(40-18-38-60)34-15-30-58-54(66)70-46-50-24-9-3-10-25-50/h1-12,20-27H,13-19,28-47H2,(H,56,64)(H,57,65)(H,58,66)(H,59,67). The summed E-state index contributed by atoms with van der Waals surface area (Å²) in [5.41, 5.74) is 3.78. The lowest BCUT2D eigenvalue weighted by Crippen LogP contribution is -2.40. The number of benzene rings is 4. The molecule has 5 rings (SSSR count). The largest absolute Gasteiger partial charge is 0.445 e. The van der Waals surface area contributed by atoms with Gasteiger partial charge in [0.25, 0.3) is 0 Å². The molecule has 0 saturated carbocycles. The number of nitrogens with zero attached hydrogens (tertiary/aromatic N) is 4. The molecule has 0 aliphatic carbocycles. The lowest BCUT2D eigenvalue weighted by Gasteiger charge is -2.29. The molecule has 0 atom stereocenters. The van der Waals surface area contributed by atoms with Gasteiger partial charge in [0.2, 0.25) is 0 Å². The van der Waals surface area contributed by atoms with Gasteiger partial charge in [0.05, 0.1) is 0 Å². The molecule has 1 fully saturated rings. The van der Waals surface area contributed by atoms with Gasteiger partial charge in [-0.25, -0.2) is 19.2 Å². The third kappa shape index (κ3) is 26.0. The topological polar surface area (TPSA) is 166 Å². The van der Waals surface area contributed by atoms with E-state index in [2.05, 4.69) is 40.9 Å². The molecule has 4 N–H and O–H groups in total. The van der Waals surface area contributed by atoms with Gasteiger partial charge in [0, 0.05) is 39.3 Å². The van der Waals surface area contributed by atoms with Crippen LogP contribution in [0.4, 0.5) is 19.2 Å². The highest BCUT2D eigenvalue weighted by atomic mass is 16.6. The van der Waals surface area contributed by atoms with Gasteiger partial charge in [0.1, 0.15) is 26.4 Å². The van der Waals surface area contributed by atoms with Gasteiger partial charge in [0.15, 0.2) is 0 Å². The third-order valence-electron chi connectivity index (χ3n) is 12.1. The van der Waals surface area contributed by atoms with Crippen LogP contribution in [0.1, 0.15) is 67.2 Å². The summed E-state index contributed by atoms with van der Waals surface area (Å²) in [4.78, 5) is 60.1. The smallest absolute Gasteiger partial charge is 0.407 e. The van der Waals surface area contributed by atoms with Crippen LogP contribution >= 0.6 is 0 Å². The van der Waals surface area contributed by atoms with Crippen molar-refractivity contribution in [3.05, 3.63) is 144 Å². The molecule has 0 unspecified atom stereocenters. The molecule has 1 aliphatic heterocycles. The van der Waals surface area contributed by atoms with Gasteiger partial charge in [-0.15, -0.1) is 0 Å². The Balaban J connectivity index is 1.15. The van der Waals surface area contributed by atoms with Crippen molar-refractivity contribution < 1.29 is 38.1 Å². The Bertz CT molecular complexity index is 1890. The second-order valence-corrected chi connectivity index (χ2v) is 17.8. The molecule has 1 aliphatic rings. The van der Waals surface area contributed by atoms with Crippen molar-refractivity contribution in [2.24, 2.45) is 0 Å². The molecule has 4 amide bonds. The number of ether oxygens (including phenoxy) is 4. The molecule has 4 aromatic rings. The van der Waals surface area contributed by atoms with Crippen molar-refractivity contribution >= 4 is 24.4 Å². The first kappa shape index (κ1) is 55.7. The highest BCUT2D eigenvalue weighted by Crippen LogP contribution is 2.08. The fourth-order valence-corrected chi connectivity index (χ4v) is 8.25. The molecule has 0 radical (unpaired) electrons. The second kappa shape index (κ2) is 35.0. The summed E-state index contributed by atoms with van der Waals surface area (Å²) >= 11 is 0. The molecule has 0 aromatic heterocycles. The minimum Gasteiger partial charge on any atom is -0.445 e. The average molecular weight is 979 g/mol. The lowest BCUT2D eigenvalue weighted by atomic mass is 10.2. The van der Waals surface area contributed by atoms with Crippen LogP contribution in [0.3, 0.4) is 0 Å². The van der Waals surface area contributed by atoms with E-state index < -0.39 is 24.4 Å². The fraction of sp³-hybridized carbons (Fsp3) is 0.491. The van der Waals surface area contributed by atoms with Gasteiger partial charge in [-0.2, -0.15) is 0 Å². The Morgan fingerprint density at radius 1 is 0.324 bits per heavy atom. The predicted octanol–water partition coefficient (Wildman–Crippen LogP) is 7.64. The number of hydrogen-bond acceptors (Lipinski definition) is 12. The zero-order valence-electron chi connectivity index (χ0n) is 41.7. The molecular weight excluding hydrogens is 901 g/mol. The summed E-state index contributed by atoms with van der Waals surface area (Å²) in [6, 6.07) is 38.6. The van der Waals surface area contributed by atoms with E-state index in [4.69, 9.17) is 18.9 Å². The summed E-state index contributed by atoms with van der Waals surface area (Å²) in [5, 5.41) is 11.7. The normalized spacial score (nSPS) is 14.8. The highest BCUT2D eigenvalue weighted by molar-refractivity contribution is 5.68. The summed E-state index contributed by atoms with van der Waals surface area (Å²) in [6.07, 6.45) is 4.37. The molecule has 16 heteroatoms. The molecule has 1 saturated heterocycles. The zero-order chi connectivity index (χ0) is 49.8. The number of carbonyl (C=O) groups excluding carboxylic acids is 4. The number of amides is 4. The van der Waals surface area contributed by atoms with Crippen molar-refractivity contribution in [3.63, 3.8) is 0 Å². The van der Waals surface area contributed by atoms with Gasteiger partial charge in [-0.1, -0.05) is 121 Å². The Hall–Kier alpha value is -6.20. The lowest BCUT2D eigenvalue weighted by molar-refractivity contribution is 0.137. The van der Waals surface area contributed by atoms with E-state index in [0.29, 0.717) is 26.2 Å². The number of alkyl carbamates (subject to hydrolysis) is 4. The van der Waals surface area contributed by atoms with Crippen LogP contribution in [0, 0.1) is 0 Å². The van der Waals surface area contributed by atoms with Gasteiger partial charge in [-0.05, 0) is 133 Å². The molecule has 71 heavy (non-hydrogen) atoms. The SMILES string of the molecule is O=C(NCCCN1CCCN(CCCNC(=O)OCc2ccccc2)CCCN(CCCNC(=O)OCc2ccccc2)CCN(CCCNC(=O)OCc2ccccc2)CCC1)OCc1ccccc1. The zero-order valence-corrected chi connectivity index (χ0v) is 41.7. The van der Waals surface area contributed by atoms with Crippen molar-refractivity contribution in [2.75, 3.05) is 105 Å². The van der Waals surface area contributed by atoms with Crippen LogP contribution < -0.4 is 21.3 Å². The van der Waals surface area contributed by atoms with Crippen molar-refractivity contribution in [2.45, 2.75) is 71.4 Å². The fourth-order valence-electron chi connectivity index (χ4n) is 8.25. The maximum atomic E-state index is 12.5. The Morgan fingerprint density at radius 2 is 0.535 bits per heavy atom.